The molecule has 0 spiro atoms. The van der Waals surface area contributed by atoms with Gasteiger partial charge in [0, 0.05) is 16.5 Å². The monoisotopic (exact) mass is 331 g/mol. The molecule has 25 heavy (non-hydrogen) atoms. The van der Waals surface area contributed by atoms with Crippen LogP contribution in [0, 0.1) is 22.7 Å². The number of benzene rings is 2. The van der Waals surface area contributed by atoms with Crippen molar-refractivity contribution in [2.45, 2.75) is 41.2 Å². The third-order valence-electron chi connectivity index (χ3n) is 5.53. The number of hydrogen-bond donors (Lipinski definition) is 0. The molecule has 0 aliphatic carbocycles. The summed E-state index contributed by atoms with van der Waals surface area (Å²) >= 11 is 0. The molecule has 1 aliphatic rings. The van der Waals surface area contributed by atoms with E-state index in [1.807, 2.05) is 61.2 Å². The number of para-hydroxylation sites is 1. The molecule has 2 heteroatoms. The molecule has 1 amide bonds. The molecule has 0 atom stereocenters. The predicted molar refractivity (Wildman–Crippen MR) is 103 cm³/mol. The van der Waals surface area contributed by atoms with Gasteiger partial charge in [-0.3, -0.25) is 4.79 Å². The van der Waals surface area contributed by atoms with Crippen LogP contribution in [0.5, 0.6) is 0 Å². The van der Waals surface area contributed by atoms with Crippen molar-refractivity contribution in [1.29, 1.82) is 0 Å². The van der Waals surface area contributed by atoms with Crippen molar-refractivity contribution in [2.75, 3.05) is 4.90 Å². The largest absolute Gasteiger partial charge is 0.306 e. The minimum absolute atomic E-state index is 0.131. The first kappa shape index (κ1) is 17.3. The first-order chi connectivity index (χ1) is 11.7. The summed E-state index contributed by atoms with van der Waals surface area (Å²) in [6.07, 6.45) is 0. The lowest BCUT2D eigenvalue weighted by Crippen LogP contribution is -2.47. The number of carbonyl (C=O) groups is 1. The lowest BCUT2D eigenvalue weighted by atomic mass is 9.68. The highest BCUT2D eigenvalue weighted by atomic mass is 16.2. The second kappa shape index (κ2) is 6.08. The van der Waals surface area contributed by atoms with Gasteiger partial charge < -0.3 is 4.90 Å². The van der Waals surface area contributed by atoms with E-state index in [-0.39, 0.29) is 11.3 Å². The summed E-state index contributed by atoms with van der Waals surface area (Å²) in [6, 6.07) is 16.0. The van der Waals surface area contributed by atoms with Crippen molar-refractivity contribution in [3.05, 3.63) is 65.2 Å². The molecule has 2 aromatic carbocycles. The van der Waals surface area contributed by atoms with Crippen molar-refractivity contribution in [3.63, 3.8) is 0 Å². The Kier molecular flexibility index (Phi) is 4.21. The van der Waals surface area contributed by atoms with Gasteiger partial charge in [-0.1, -0.05) is 76.8 Å². The molecule has 0 radical (unpaired) electrons. The van der Waals surface area contributed by atoms with E-state index in [1.54, 1.807) is 0 Å². The lowest BCUT2D eigenvalue weighted by molar-refractivity contribution is -0.132. The summed E-state index contributed by atoms with van der Waals surface area (Å²) in [6.45, 7) is 11.0. The van der Waals surface area contributed by atoms with Gasteiger partial charge in [0.1, 0.15) is 0 Å². The van der Waals surface area contributed by atoms with Gasteiger partial charge in [-0.05, 0) is 29.2 Å². The van der Waals surface area contributed by atoms with Gasteiger partial charge in [0.15, 0.2) is 0 Å². The van der Waals surface area contributed by atoms with E-state index in [0.29, 0.717) is 6.54 Å². The summed E-state index contributed by atoms with van der Waals surface area (Å²) < 4.78 is 0. The smallest absolute Gasteiger partial charge is 0.233 e. The number of carbonyl (C=O) groups excluding carboxylic acids is 1. The third kappa shape index (κ3) is 3.07. The van der Waals surface area contributed by atoms with Crippen LogP contribution in [0.25, 0.3) is 0 Å². The van der Waals surface area contributed by atoms with E-state index >= 15 is 0 Å². The maximum absolute atomic E-state index is 13.6. The van der Waals surface area contributed by atoms with Gasteiger partial charge in [0.25, 0.3) is 0 Å². The standard InChI is InChI=1S/C23H25NO/c1-22(2,3)23(4,5)21(25)24-16-19-12-7-6-10-17(19)14-15-18-11-8-9-13-20(18)24/h6-13H,16H2,1-5H3. The molecule has 0 N–H and O–H groups in total. The van der Waals surface area contributed by atoms with Crippen molar-refractivity contribution in [1.82, 2.24) is 0 Å². The fourth-order valence-electron chi connectivity index (χ4n) is 2.82. The summed E-state index contributed by atoms with van der Waals surface area (Å²) in [4.78, 5) is 15.5. The Morgan fingerprint density at radius 2 is 1.44 bits per heavy atom. The first-order valence-electron chi connectivity index (χ1n) is 8.73. The van der Waals surface area contributed by atoms with Crippen LogP contribution in [-0.4, -0.2) is 5.91 Å². The maximum Gasteiger partial charge on any atom is 0.233 e. The van der Waals surface area contributed by atoms with Crippen molar-refractivity contribution in [3.8, 4) is 11.8 Å². The van der Waals surface area contributed by atoms with Crippen LogP contribution in [0.1, 0.15) is 51.3 Å². The molecular weight excluding hydrogens is 306 g/mol. The molecule has 2 aromatic rings. The van der Waals surface area contributed by atoms with Gasteiger partial charge in [-0.15, -0.1) is 0 Å². The molecule has 1 aliphatic heterocycles. The minimum Gasteiger partial charge on any atom is -0.306 e. The van der Waals surface area contributed by atoms with E-state index in [2.05, 4.69) is 38.7 Å². The zero-order valence-corrected chi connectivity index (χ0v) is 15.7. The normalized spacial score (nSPS) is 13.7. The Bertz CT molecular complexity index is 875. The van der Waals surface area contributed by atoms with Crippen LogP contribution >= 0.6 is 0 Å². The zero-order chi connectivity index (χ0) is 18.2. The number of rotatable bonds is 1. The Morgan fingerprint density at radius 3 is 2.12 bits per heavy atom. The number of fused-ring (bicyclic) bond motifs is 2. The van der Waals surface area contributed by atoms with Gasteiger partial charge in [-0.25, -0.2) is 0 Å². The topological polar surface area (TPSA) is 20.3 Å². The summed E-state index contributed by atoms with van der Waals surface area (Å²) in [7, 11) is 0. The van der Waals surface area contributed by atoms with E-state index in [9.17, 15) is 4.79 Å². The number of nitrogens with zero attached hydrogens (tertiary/aromatic N) is 1. The van der Waals surface area contributed by atoms with Crippen LogP contribution in [0.2, 0.25) is 0 Å². The highest BCUT2D eigenvalue weighted by Crippen LogP contribution is 2.41. The maximum atomic E-state index is 13.6. The van der Waals surface area contributed by atoms with Crippen molar-refractivity contribution < 1.29 is 4.79 Å². The highest BCUT2D eigenvalue weighted by Gasteiger charge is 2.43. The van der Waals surface area contributed by atoms with E-state index < -0.39 is 5.41 Å². The van der Waals surface area contributed by atoms with E-state index in [0.717, 1.165) is 22.4 Å². The predicted octanol–water partition coefficient (Wildman–Crippen LogP) is 5.01. The third-order valence-corrected chi connectivity index (χ3v) is 5.53. The molecular formula is C23H25NO. The number of anilines is 1. The SMILES string of the molecule is CC(C)(C)C(C)(C)C(=O)N1Cc2ccccc2C#Cc2ccccc21. The molecule has 0 bridgehead atoms. The first-order valence-corrected chi connectivity index (χ1v) is 8.73. The average molecular weight is 331 g/mol. The lowest BCUT2D eigenvalue weighted by Gasteiger charge is -2.41. The molecule has 0 saturated carbocycles. The van der Waals surface area contributed by atoms with Crippen LogP contribution in [0.4, 0.5) is 5.69 Å². The molecule has 0 fully saturated rings. The van der Waals surface area contributed by atoms with Crippen LogP contribution in [0.3, 0.4) is 0 Å². The number of amides is 1. The van der Waals surface area contributed by atoms with Crippen LogP contribution in [0.15, 0.2) is 48.5 Å². The summed E-state index contributed by atoms with van der Waals surface area (Å²) in [5.74, 6) is 6.64. The van der Waals surface area contributed by atoms with Crippen molar-refractivity contribution in [2.24, 2.45) is 10.8 Å². The molecule has 3 rings (SSSR count). The molecule has 1 heterocycles. The molecule has 0 saturated heterocycles. The molecule has 2 nitrogen and oxygen atoms in total. The molecule has 128 valence electrons. The Labute approximate surface area is 150 Å². The zero-order valence-electron chi connectivity index (χ0n) is 15.7. The van der Waals surface area contributed by atoms with Gasteiger partial charge >= 0.3 is 0 Å². The fourth-order valence-corrected chi connectivity index (χ4v) is 2.82. The van der Waals surface area contributed by atoms with Crippen LogP contribution in [-0.2, 0) is 11.3 Å². The highest BCUT2D eigenvalue weighted by molar-refractivity contribution is 5.99. The van der Waals surface area contributed by atoms with E-state index in [4.69, 9.17) is 0 Å². The Hall–Kier alpha value is -2.53. The molecule has 0 aromatic heterocycles. The van der Waals surface area contributed by atoms with Gasteiger partial charge in [0.05, 0.1) is 12.2 Å². The summed E-state index contributed by atoms with van der Waals surface area (Å²) in [5.41, 5.74) is 3.22. The van der Waals surface area contributed by atoms with E-state index in [1.165, 1.54) is 0 Å². The average Bonchev–Trinajstić information content (AvgIpc) is 2.55. The Morgan fingerprint density at radius 1 is 0.880 bits per heavy atom. The number of hydrogen-bond acceptors (Lipinski definition) is 1. The van der Waals surface area contributed by atoms with Gasteiger partial charge in [0.2, 0.25) is 5.91 Å². The van der Waals surface area contributed by atoms with Crippen molar-refractivity contribution >= 4 is 11.6 Å². The molecule has 0 unspecified atom stereocenters. The Balaban J connectivity index is 2.17. The van der Waals surface area contributed by atoms with Crippen LogP contribution < -0.4 is 4.90 Å². The quantitative estimate of drug-likeness (QED) is 0.673. The fraction of sp³-hybridized carbons (Fsp3) is 0.348. The second-order valence-corrected chi connectivity index (χ2v) is 8.19. The second-order valence-electron chi connectivity index (χ2n) is 8.19. The summed E-state index contributed by atoms with van der Waals surface area (Å²) in [5, 5.41) is 0. The minimum atomic E-state index is -0.498. The van der Waals surface area contributed by atoms with Gasteiger partial charge in [-0.2, -0.15) is 0 Å².